The molecule has 0 bridgehead atoms. The Morgan fingerprint density at radius 3 is 2.53 bits per heavy atom. The predicted octanol–water partition coefficient (Wildman–Crippen LogP) is 1.60. The van der Waals surface area contributed by atoms with Crippen LogP contribution >= 0.6 is 0 Å². The van der Waals surface area contributed by atoms with Gasteiger partial charge >= 0.3 is 0 Å². The molecule has 1 fully saturated rings. The molecule has 98 valence electrons. The molecule has 1 amide bonds. The van der Waals surface area contributed by atoms with Gasteiger partial charge in [0.1, 0.15) is 0 Å². The molecule has 0 heterocycles. The summed E-state index contributed by atoms with van der Waals surface area (Å²) in [5.41, 5.74) is 5.52. The smallest absolute Gasteiger partial charge is 0.231 e. The average molecular weight is 241 g/mol. The number of nitrogens with one attached hydrogen (secondary N) is 1. The number of nitrogens with zero attached hydrogens (tertiary/aromatic N) is 1. The first-order valence-corrected chi connectivity index (χ1v) is 6.38. The van der Waals surface area contributed by atoms with Gasteiger partial charge in [0.05, 0.1) is 5.92 Å². The lowest BCUT2D eigenvalue weighted by Crippen LogP contribution is -2.55. The van der Waals surface area contributed by atoms with Crippen molar-refractivity contribution < 1.29 is 10.0 Å². The van der Waals surface area contributed by atoms with E-state index < -0.39 is 5.92 Å². The Morgan fingerprint density at radius 1 is 1.53 bits per heavy atom. The van der Waals surface area contributed by atoms with Crippen LogP contribution in [-0.2, 0) is 4.79 Å². The second-order valence-electron chi connectivity index (χ2n) is 4.84. The van der Waals surface area contributed by atoms with Crippen LogP contribution in [0.1, 0.15) is 52.4 Å². The Morgan fingerprint density at radius 2 is 2.18 bits per heavy atom. The van der Waals surface area contributed by atoms with Crippen LogP contribution in [0.5, 0.6) is 0 Å². The Labute approximate surface area is 102 Å². The predicted molar refractivity (Wildman–Crippen MR) is 66.8 cm³/mol. The van der Waals surface area contributed by atoms with E-state index in [1.807, 2.05) is 6.92 Å². The minimum absolute atomic E-state index is 0.00919. The van der Waals surface area contributed by atoms with Crippen molar-refractivity contribution in [1.82, 2.24) is 5.32 Å². The van der Waals surface area contributed by atoms with E-state index in [1.165, 1.54) is 0 Å². The van der Waals surface area contributed by atoms with E-state index in [-0.39, 0.29) is 17.3 Å². The lowest BCUT2D eigenvalue weighted by Gasteiger charge is -2.42. The Kier molecular flexibility index (Phi) is 4.78. The standard InChI is InChI=1S/C12H23N3O2/c1-3-6-9(10(13)15-17)11(16)14-12(4-2)7-5-8-12/h9,17H,3-8H2,1-2H3,(H2,13,15)(H,14,16). The van der Waals surface area contributed by atoms with Crippen molar-refractivity contribution in [2.24, 2.45) is 16.8 Å². The van der Waals surface area contributed by atoms with Crippen molar-refractivity contribution in [3.05, 3.63) is 0 Å². The van der Waals surface area contributed by atoms with Gasteiger partial charge in [-0.3, -0.25) is 4.79 Å². The van der Waals surface area contributed by atoms with Gasteiger partial charge in [-0.15, -0.1) is 0 Å². The van der Waals surface area contributed by atoms with Crippen molar-refractivity contribution in [2.45, 2.75) is 57.9 Å². The van der Waals surface area contributed by atoms with E-state index in [1.54, 1.807) is 0 Å². The molecule has 0 spiro atoms. The molecule has 1 atom stereocenters. The first-order valence-electron chi connectivity index (χ1n) is 6.38. The van der Waals surface area contributed by atoms with Crippen molar-refractivity contribution in [3.63, 3.8) is 0 Å². The number of rotatable bonds is 6. The van der Waals surface area contributed by atoms with Crippen LogP contribution in [0.15, 0.2) is 5.16 Å². The van der Waals surface area contributed by atoms with Gasteiger partial charge < -0.3 is 16.3 Å². The van der Waals surface area contributed by atoms with Gasteiger partial charge in [0.15, 0.2) is 5.84 Å². The highest BCUT2D eigenvalue weighted by Gasteiger charge is 2.38. The van der Waals surface area contributed by atoms with Crippen LogP contribution in [0.2, 0.25) is 0 Å². The highest BCUT2D eigenvalue weighted by Crippen LogP contribution is 2.34. The Balaban J connectivity index is 2.65. The fourth-order valence-corrected chi connectivity index (χ4v) is 2.29. The number of oxime groups is 1. The molecule has 1 unspecified atom stereocenters. The molecule has 5 heteroatoms. The van der Waals surface area contributed by atoms with Crippen LogP contribution in [0.25, 0.3) is 0 Å². The minimum atomic E-state index is -0.506. The zero-order valence-corrected chi connectivity index (χ0v) is 10.7. The molecule has 1 aliphatic rings. The van der Waals surface area contributed by atoms with Gasteiger partial charge in [-0.2, -0.15) is 0 Å². The van der Waals surface area contributed by atoms with E-state index in [0.29, 0.717) is 6.42 Å². The first-order chi connectivity index (χ1) is 8.08. The summed E-state index contributed by atoms with van der Waals surface area (Å²) in [6, 6.07) is 0. The first kappa shape index (κ1) is 13.8. The molecule has 0 saturated heterocycles. The molecule has 1 aliphatic carbocycles. The maximum atomic E-state index is 12.1. The molecule has 1 saturated carbocycles. The molecule has 0 aromatic carbocycles. The number of nitrogens with two attached hydrogens (primary N) is 1. The molecular formula is C12H23N3O2. The van der Waals surface area contributed by atoms with Crippen LogP contribution in [0.3, 0.4) is 0 Å². The normalized spacial score (nSPS) is 20.5. The molecule has 0 aromatic rings. The maximum Gasteiger partial charge on any atom is 0.231 e. The third-order valence-corrected chi connectivity index (χ3v) is 3.74. The fraction of sp³-hybridized carbons (Fsp3) is 0.833. The summed E-state index contributed by atoms with van der Waals surface area (Å²) < 4.78 is 0. The molecule has 1 rings (SSSR count). The second-order valence-corrected chi connectivity index (χ2v) is 4.84. The largest absolute Gasteiger partial charge is 0.409 e. The number of amidine groups is 1. The monoisotopic (exact) mass is 241 g/mol. The topological polar surface area (TPSA) is 87.7 Å². The van der Waals surface area contributed by atoms with Crippen LogP contribution in [0, 0.1) is 5.92 Å². The van der Waals surface area contributed by atoms with E-state index in [2.05, 4.69) is 17.4 Å². The van der Waals surface area contributed by atoms with Gasteiger partial charge in [0, 0.05) is 5.54 Å². The maximum absolute atomic E-state index is 12.1. The highest BCUT2D eigenvalue weighted by atomic mass is 16.4. The van der Waals surface area contributed by atoms with E-state index in [9.17, 15) is 4.79 Å². The van der Waals surface area contributed by atoms with E-state index >= 15 is 0 Å². The van der Waals surface area contributed by atoms with Crippen molar-refractivity contribution in [1.29, 1.82) is 0 Å². The van der Waals surface area contributed by atoms with Gasteiger partial charge in [0.25, 0.3) is 0 Å². The molecule has 17 heavy (non-hydrogen) atoms. The second kappa shape index (κ2) is 5.89. The average Bonchev–Trinajstić information content (AvgIpc) is 2.29. The van der Waals surface area contributed by atoms with Crippen LogP contribution in [-0.4, -0.2) is 22.5 Å². The quantitative estimate of drug-likeness (QED) is 0.285. The summed E-state index contributed by atoms with van der Waals surface area (Å²) in [6.07, 6.45) is 5.60. The lowest BCUT2D eigenvalue weighted by molar-refractivity contribution is -0.126. The Hall–Kier alpha value is -1.26. The SMILES string of the molecule is CCCC(C(=O)NC1(CC)CCC1)C(N)=NO. The van der Waals surface area contributed by atoms with Crippen LogP contribution in [0.4, 0.5) is 0 Å². The zero-order chi connectivity index (χ0) is 12.9. The summed E-state index contributed by atoms with van der Waals surface area (Å²) in [5.74, 6) is -0.604. The minimum Gasteiger partial charge on any atom is -0.409 e. The van der Waals surface area contributed by atoms with Crippen LogP contribution < -0.4 is 11.1 Å². The molecule has 4 N–H and O–H groups in total. The number of carbonyl (C=O) groups excluding carboxylic acids is 1. The molecule has 5 nitrogen and oxygen atoms in total. The fourth-order valence-electron chi connectivity index (χ4n) is 2.29. The van der Waals surface area contributed by atoms with Gasteiger partial charge in [-0.05, 0) is 32.1 Å². The van der Waals surface area contributed by atoms with E-state index in [0.717, 1.165) is 32.1 Å². The van der Waals surface area contributed by atoms with Crippen molar-refractivity contribution in [3.8, 4) is 0 Å². The third kappa shape index (κ3) is 3.11. The summed E-state index contributed by atoms with van der Waals surface area (Å²) in [6.45, 7) is 4.06. The number of hydrogen-bond donors (Lipinski definition) is 3. The zero-order valence-electron chi connectivity index (χ0n) is 10.7. The molecular weight excluding hydrogens is 218 g/mol. The summed E-state index contributed by atoms with van der Waals surface area (Å²) in [4.78, 5) is 12.1. The van der Waals surface area contributed by atoms with Gasteiger partial charge in [0.2, 0.25) is 5.91 Å². The molecule has 0 radical (unpaired) electrons. The summed E-state index contributed by atoms with van der Waals surface area (Å²) in [5, 5.41) is 14.7. The molecule has 0 aliphatic heterocycles. The summed E-state index contributed by atoms with van der Waals surface area (Å²) >= 11 is 0. The highest BCUT2D eigenvalue weighted by molar-refractivity contribution is 6.02. The van der Waals surface area contributed by atoms with E-state index in [4.69, 9.17) is 10.9 Å². The number of hydrogen-bond acceptors (Lipinski definition) is 3. The van der Waals surface area contributed by atoms with Gasteiger partial charge in [-0.1, -0.05) is 25.4 Å². The van der Waals surface area contributed by atoms with Crippen molar-refractivity contribution in [2.75, 3.05) is 0 Å². The molecule has 0 aromatic heterocycles. The van der Waals surface area contributed by atoms with Gasteiger partial charge in [-0.25, -0.2) is 0 Å². The Bertz CT molecular complexity index is 293. The van der Waals surface area contributed by atoms with Crippen molar-refractivity contribution >= 4 is 11.7 Å². The third-order valence-electron chi connectivity index (χ3n) is 3.74. The number of carbonyl (C=O) groups is 1. The summed E-state index contributed by atoms with van der Waals surface area (Å²) in [7, 11) is 0. The number of amides is 1. The lowest BCUT2D eigenvalue weighted by atomic mass is 9.74.